The van der Waals surface area contributed by atoms with E-state index in [1.54, 1.807) is 18.3 Å². The molecule has 0 aliphatic heterocycles. The van der Waals surface area contributed by atoms with Crippen LogP contribution in [0, 0.1) is 13.8 Å². The molecule has 0 aliphatic carbocycles. The van der Waals surface area contributed by atoms with Crippen molar-refractivity contribution in [3.8, 4) is 10.6 Å². The number of benzene rings is 2. The summed E-state index contributed by atoms with van der Waals surface area (Å²) in [5, 5.41) is 5.75. The van der Waals surface area contributed by atoms with Gasteiger partial charge in [-0.25, -0.2) is 9.97 Å². The summed E-state index contributed by atoms with van der Waals surface area (Å²) >= 11 is 1.55. The first-order valence-corrected chi connectivity index (χ1v) is 9.13. The first-order chi connectivity index (χ1) is 12.6. The number of carbonyl (C=O) groups is 1. The topological polar surface area (TPSA) is 68.0 Å². The van der Waals surface area contributed by atoms with Gasteiger partial charge in [-0.1, -0.05) is 29.8 Å². The molecule has 4 rings (SSSR count). The summed E-state index contributed by atoms with van der Waals surface area (Å²) in [6.45, 7) is 3.85. The summed E-state index contributed by atoms with van der Waals surface area (Å²) < 4.78 is 5.44. The van der Waals surface area contributed by atoms with Gasteiger partial charge in [0.1, 0.15) is 10.5 Å². The molecule has 0 atom stereocenters. The minimum atomic E-state index is -0.106. The maximum absolute atomic E-state index is 12.3. The predicted molar refractivity (Wildman–Crippen MR) is 103 cm³/mol. The third-order valence-corrected chi connectivity index (χ3v) is 4.91. The first-order valence-electron chi connectivity index (χ1n) is 8.25. The number of carbonyl (C=O) groups excluding carboxylic acids is 1. The van der Waals surface area contributed by atoms with E-state index in [4.69, 9.17) is 4.42 Å². The maximum atomic E-state index is 12.3. The van der Waals surface area contributed by atoms with Gasteiger partial charge in [0.05, 0.1) is 12.1 Å². The van der Waals surface area contributed by atoms with Crippen molar-refractivity contribution >= 4 is 34.0 Å². The van der Waals surface area contributed by atoms with Gasteiger partial charge in [-0.3, -0.25) is 4.79 Å². The summed E-state index contributed by atoms with van der Waals surface area (Å²) in [5.41, 5.74) is 5.19. The van der Waals surface area contributed by atoms with E-state index in [0.717, 1.165) is 21.8 Å². The normalized spacial score (nSPS) is 11.0. The highest BCUT2D eigenvalue weighted by molar-refractivity contribution is 7.13. The molecule has 5 nitrogen and oxygen atoms in total. The number of aryl methyl sites for hydroxylation is 2. The summed E-state index contributed by atoms with van der Waals surface area (Å²) in [7, 11) is 0. The van der Waals surface area contributed by atoms with Crippen LogP contribution in [0.4, 0.5) is 5.69 Å². The van der Waals surface area contributed by atoms with Crippen LogP contribution in [-0.4, -0.2) is 15.9 Å². The number of amides is 1. The van der Waals surface area contributed by atoms with Crippen molar-refractivity contribution in [3.63, 3.8) is 0 Å². The molecule has 4 aromatic rings. The fourth-order valence-electron chi connectivity index (χ4n) is 2.71. The fraction of sp³-hybridized carbons (Fsp3) is 0.150. The molecular formula is C20H17N3O2S. The third kappa shape index (κ3) is 3.50. The Morgan fingerprint density at radius 1 is 1.12 bits per heavy atom. The van der Waals surface area contributed by atoms with Gasteiger partial charge < -0.3 is 9.73 Å². The fourth-order valence-corrected chi connectivity index (χ4v) is 3.53. The van der Waals surface area contributed by atoms with Crippen molar-refractivity contribution in [3.05, 3.63) is 65.0 Å². The Morgan fingerprint density at radius 2 is 1.92 bits per heavy atom. The molecule has 26 heavy (non-hydrogen) atoms. The zero-order valence-electron chi connectivity index (χ0n) is 14.4. The van der Waals surface area contributed by atoms with E-state index in [9.17, 15) is 4.79 Å². The minimum absolute atomic E-state index is 0.106. The summed E-state index contributed by atoms with van der Waals surface area (Å²) in [4.78, 5) is 21.2. The molecule has 1 amide bonds. The average Bonchev–Trinajstić information content (AvgIpc) is 3.20. The number of aromatic nitrogens is 2. The lowest BCUT2D eigenvalue weighted by Gasteiger charge is -2.03. The van der Waals surface area contributed by atoms with Crippen molar-refractivity contribution < 1.29 is 9.21 Å². The lowest BCUT2D eigenvalue weighted by Crippen LogP contribution is -2.14. The molecule has 2 aromatic heterocycles. The van der Waals surface area contributed by atoms with Crippen molar-refractivity contribution in [1.29, 1.82) is 0 Å². The van der Waals surface area contributed by atoms with Gasteiger partial charge in [-0.15, -0.1) is 11.3 Å². The Kier molecular flexibility index (Phi) is 4.26. The Hall–Kier alpha value is -2.99. The van der Waals surface area contributed by atoms with Gasteiger partial charge in [0, 0.05) is 23.6 Å². The standard InChI is InChI=1S/C20H17N3O2S/c1-12-3-5-14(6-4-12)20-23-16(11-26-20)10-19(24)22-15-7-8-18-17(9-15)21-13(2)25-18/h3-9,11H,10H2,1-2H3,(H,22,24). The lowest BCUT2D eigenvalue weighted by atomic mass is 10.2. The molecule has 0 bridgehead atoms. The highest BCUT2D eigenvalue weighted by Crippen LogP contribution is 2.24. The van der Waals surface area contributed by atoms with Crippen LogP contribution in [0.3, 0.4) is 0 Å². The molecule has 2 heterocycles. The smallest absolute Gasteiger partial charge is 0.230 e. The van der Waals surface area contributed by atoms with Gasteiger partial charge in [0.15, 0.2) is 11.5 Å². The summed E-state index contributed by atoms with van der Waals surface area (Å²) in [6.07, 6.45) is 0.234. The zero-order chi connectivity index (χ0) is 18.1. The number of hydrogen-bond donors (Lipinski definition) is 1. The largest absolute Gasteiger partial charge is 0.441 e. The minimum Gasteiger partial charge on any atom is -0.441 e. The van der Waals surface area contributed by atoms with E-state index >= 15 is 0 Å². The molecule has 0 fully saturated rings. The van der Waals surface area contributed by atoms with Crippen LogP contribution < -0.4 is 5.32 Å². The highest BCUT2D eigenvalue weighted by Gasteiger charge is 2.10. The quantitative estimate of drug-likeness (QED) is 0.568. The van der Waals surface area contributed by atoms with Crippen molar-refractivity contribution in [2.75, 3.05) is 5.32 Å². The van der Waals surface area contributed by atoms with Gasteiger partial charge >= 0.3 is 0 Å². The highest BCUT2D eigenvalue weighted by atomic mass is 32.1. The van der Waals surface area contributed by atoms with E-state index in [2.05, 4.69) is 34.3 Å². The molecular weight excluding hydrogens is 346 g/mol. The Balaban J connectivity index is 1.45. The summed E-state index contributed by atoms with van der Waals surface area (Å²) in [5.74, 6) is 0.500. The monoisotopic (exact) mass is 363 g/mol. The van der Waals surface area contributed by atoms with Gasteiger partial charge in [-0.2, -0.15) is 0 Å². The second-order valence-electron chi connectivity index (χ2n) is 6.15. The van der Waals surface area contributed by atoms with E-state index in [1.807, 2.05) is 35.7 Å². The van der Waals surface area contributed by atoms with Crippen LogP contribution in [0.1, 0.15) is 17.1 Å². The number of fused-ring (bicyclic) bond motifs is 1. The van der Waals surface area contributed by atoms with Gasteiger partial charge in [0.2, 0.25) is 5.91 Å². The maximum Gasteiger partial charge on any atom is 0.230 e. The Labute approximate surface area is 154 Å². The Morgan fingerprint density at radius 3 is 2.73 bits per heavy atom. The van der Waals surface area contributed by atoms with Gasteiger partial charge in [0.25, 0.3) is 0 Å². The molecule has 0 saturated heterocycles. The molecule has 1 N–H and O–H groups in total. The van der Waals surface area contributed by atoms with Crippen LogP contribution in [-0.2, 0) is 11.2 Å². The molecule has 130 valence electrons. The SMILES string of the molecule is Cc1ccc(-c2nc(CC(=O)Nc3ccc4oc(C)nc4c3)cs2)cc1. The second kappa shape index (κ2) is 6.72. The molecule has 2 aromatic carbocycles. The third-order valence-electron chi connectivity index (χ3n) is 3.97. The van der Waals surface area contributed by atoms with Crippen molar-refractivity contribution in [2.24, 2.45) is 0 Å². The number of rotatable bonds is 4. The van der Waals surface area contributed by atoms with E-state index in [0.29, 0.717) is 17.2 Å². The summed E-state index contributed by atoms with van der Waals surface area (Å²) in [6, 6.07) is 13.6. The van der Waals surface area contributed by atoms with Crippen molar-refractivity contribution in [1.82, 2.24) is 9.97 Å². The molecule has 0 aliphatic rings. The zero-order valence-corrected chi connectivity index (χ0v) is 15.3. The number of nitrogens with zero attached hydrogens (tertiary/aromatic N) is 2. The van der Waals surface area contributed by atoms with Crippen LogP contribution in [0.2, 0.25) is 0 Å². The average molecular weight is 363 g/mol. The molecule has 0 spiro atoms. The number of thiazole rings is 1. The first kappa shape index (κ1) is 16.5. The van der Waals surface area contributed by atoms with Crippen LogP contribution >= 0.6 is 11.3 Å². The van der Waals surface area contributed by atoms with Crippen LogP contribution in [0.5, 0.6) is 0 Å². The predicted octanol–water partition coefficient (Wildman–Crippen LogP) is 4.75. The number of anilines is 1. The lowest BCUT2D eigenvalue weighted by molar-refractivity contribution is -0.115. The van der Waals surface area contributed by atoms with E-state index < -0.39 is 0 Å². The molecule has 6 heteroatoms. The Bertz CT molecular complexity index is 1080. The molecule has 0 radical (unpaired) electrons. The van der Waals surface area contributed by atoms with Crippen LogP contribution in [0.15, 0.2) is 52.3 Å². The second-order valence-corrected chi connectivity index (χ2v) is 7.01. The van der Waals surface area contributed by atoms with Crippen LogP contribution in [0.25, 0.3) is 21.7 Å². The van der Waals surface area contributed by atoms with Crippen molar-refractivity contribution in [2.45, 2.75) is 20.3 Å². The molecule has 0 unspecified atom stereocenters. The van der Waals surface area contributed by atoms with E-state index in [1.165, 1.54) is 5.56 Å². The van der Waals surface area contributed by atoms with E-state index in [-0.39, 0.29) is 12.3 Å². The van der Waals surface area contributed by atoms with Gasteiger partial charge in [-0.05, 0) is 25.1 Å². The molecule has 0 saturated carbocycles. The number of hydrogen-bond acceptors (Lipinski definition) is 5. The number of nitrogens with one attached hydrogen (secondary N) is 1. The number of oxazole rings is 1.